The Bertz CT molecular complexity index is 532. The van der Waals surface area contributed by atoms with Gasteiger partial charge in [0.05, 0.1) is 0 Å². The van der Waals surface area contributed by atoms with Crippen molar-refractivity contribution >= 4 is 11.8 Å². The molecule has 1 heterocycles. The van der Waals surface area contributed by atoms with Crippen LogP contribution in [0.4, 0.5) is 0 Å². The first-order valence-electron chi connectivity index (χ1n) is 7.07. The second-order valence-corrected chi connectivity index (χ2v) is 6.48. The molecule has 0 amide bonds. The lowest BCUT2D eigenvalue weighted by Crippen LogP contribution is -2.37. The molecule has 4 heteroatoms. The third-order valence-electron chi connectivity index (χ3n) is 3.91. The van der Waals surface area contributed by atoms with Crippen molar-refractivity contribution in [2.45, 2.75) is 41.6 Å². The van der Waals surface area contributed by atoms with E-state index in [1.807, 2.05) is 6.07 Å². The Hall–Kier alpha value is -1.39. The molecule has 3 unspecified atom stereocenters. The largest absolute Gasteiger partial charge is 0.327 e. The maximum absolute atomic E-state index is 6.29. The lowest BCUT2D eigenvalue weighted by Gasteiger charge is -2.33. The summed E-state index contributed by atoms with van der Waals surface area (Å²) in [6, 6.07) is 12.8. The Balaban J connectivity index is 1.71. The number of hydrogen-bond acceptors (Lipinski definition) is 4. The van der Waals surface area contributed by atoms with Crippen LogP contribution in [0, 0.1) is 0 Å². The van der Waals surface area contributed by atoms with Crippen LogP contribution in [0.2, 0.25) is 0 Å². The van der Waals surface area contributed by atoms with E-state index < -0.39 is 0 Å². The van der Waals surface area contributed by atoms with E-state index in [4.69, 9.17) is 5.73 Å². The molecule has 3 nitrogen and oxygen atoms in total. The zero-order valence-electron chi connectivity index (χ0n) is 11.4. The molecule has 1 aliphatic rings. The Morgan fingerprint density at radius 2 is 1.75 bits per heavy atom. The summed E-state index contributed by atoms with van der Waals surface area (Å²) in [7, 11) is 0. The summed E-state index contributed by atoms with van der Waals surface area (Å²) in [5.74, 6) is 0.609. The molecule has 2 aromatic rings. The van der Waals surface area contributed by atoms with Crippen LogP contribution in [0.1, 0.15) is 30.7 Å². The molecular weight excluding hydrogens is 266 g/mol. The second-order valence-electron chi connectivity index (χ2n) is 5.27. The van der Waals surface area contributed by atoms with Crippen molar-refractivity contribution in [2.24, 2.45) is 5.73 Å². The van der Waals surface area contributed by atoms with Gasteiger partial charge in [-0.15, -0.1) is 0 Å². The highest BCUT2D eigenvalue weighted by molar-refractivity contribution is 7.99. The quantitative estimate of drug-likeness (QED) is 0.880. The van der Waals surface area contributed by atoms with Crippen molar-refractivity contribution in [1.82, 2.24) is 9.97 Å². The van der Waals surface area contributed by atoms with E-state index in [-0.39, 0.29) is 6.04 Å². The van der Waals surface area contributed by atoms with Crippen LogP contribution in [0.3, 0.4) is 0 Å². The van der Waals surface area contributed by atoms with Crippen LogP contribution in [0.5, 0.6) is 0 Å². The average Bonchev–Trinajstić information content (AvgIpc) is 2.51. The van der Waals surface area contributed by atoms with Crippen LogP contribution < -0.4 is 5.73 Å². The van der Waals surface area contributed by atoms with Crippen molar-refractivity contribution in [1.29, 1.82) is 0 Å². The summed E-state index contributed by atoms with van der Waals surface area (Å²) in [6.45, 7) is 0. The van der Waals surface area contributed by atoms with E-state index in [0.29, 0.717) is 11.2 Å². The molecule has 1 aromatic carbocycles. The fraction of sp³-hybridized carbons (Fsp3) is 0.375. The highest BCUT2D eigenvalue weighted by Crippen LogP contribution is 2.39. The van der Waals surface area contributed by atoms with Gasteiger partial charge < -0.3 is 5.73 Å². The molecule has 20 heavy (non-hydrogen) atoms. The van der Waals surface area contributed by atoms with Gasteiger partial charge in [-0.3, -0.25) is 0 Å². The minimum Gasteiger partial charge on any atom is -0.327 e. The van der Waals surface area contributed by atoms with Crippen LogP contribution in [0.25, 0.3) is 0 Å². The first-order chi connectivity index (χ1) is 9.83. The molecule has 2 N–H and O–H groups in total. The predicted molar refractivity (Wildman–Crippen MR) is 82.7 cm³/mol. The molecule has 0 radical (unpaired) electrons. The maximum atomic E-state index is 6.29. The smallest absolute Gasteiger partial charge is 0.187 e. The van der Waals surface area contributed by atoms with Crippen molar-refractivity contribution < 1.29 is 0 Å². The molecule has 1 aromatic heterocycles. The minimum atomic E-state index is 0.240. The lowest BCUT2D eigenvalue weighted by molar-refractivity contribution is 0.406. The second kappa shape index (κ2) is 6.37. The third kappa shape index (κ3) is 3.19. The van der Waals surface area contributed by atoms with Gasteiger partial charge in [-0.1, -0.05) is 42.1 Å². The Morgan fingerprint density at radius 3 is 2.50 bits per heavy atom. The van der Waals surface area contributed by atoms with E-state index in [1.165, 1.54) is 12.0 Å². The van der Waals surface area contributed by atoms with Gasteiger partial charge >= 0.3 is 0 Å². The van der Waals surface area contributed by atoms with Gasteiger partial charge in [0.2, 0.25) is 0 Å². The standard InChI is InChI=1S/C16H19N3S/c17-14-8-7-13(12-5-2-1-3-6-12)11-15(14)20-16-18-9-4-10-19-16/h1-6,9-10,13-15H,7-8,11,17H2. The van der Waals surface area contributed by atoms with Crippen molar-refractivity contribution in [2.75, 3.05) is 0 Å². The molecular formula is C16H19N3S. The zero-order valence-corrected chi connectivity index (χ0v) is 12.2. The van der Waals surface area contributed by atoms with Crippen LogP contribution in [-0.2, 0) is 0 Å². The van der Waals surface area contributed by atoms with Crippen molar-refractivity contribution in [3.8, 4) is 0 Å². The predicted octanol–water partition coefficient (Wildman–Crippen LogP) is 3.23. The fourth-order valence-electron chi connectivity index (χ4n) is 2.80. The van der Waals surface area contributed by atoms with Crippen LogP contribution >= 0.6 is 11.8 Å². The van der Waals surface area contributed by atoms with E-state index in [1.54, 1.807) is 24.2 Å². The molecule has 104 valence electrons. The molecule has 1 aliphatic carbocycles. The molecule has 3 rings (SSSR count). The molecule has 0 bridgehead atoms. The Kier molecular flexibility index (Phi) is 4.33. The molecule has 1 saturated carbocycles. The first kappa shape index (κ1) is 13.6. The minimum absolute atomic E-state index is 0.240. The van der Waals surface area contributed by atoms with Gasteiger partial charge in [0.25, 0.3) is 0 Å². The van der Waals surface area contributed by atoms with Crippen LogP contribution in [-0.4, -0.2) is 21.3 Å². The molecule has 0 saturated heterocycles. The van der Waals surface area contributed by atoms with Gasteiger partial charge in [0.15, 0.2) is 5.16 Å². The molecule has 0 spiro atoms. The summed E-state index contributed by atoms with van der Waals surface area (Å²) >= 11 is 1.72. The van der Waals surface area contributed by atoms with Gasteiger partial charge in [-0.25, -0.2) is 9.97 Å². The fourth-order valence-corrected chi connectivity index (χ4v) is 3.95. The Morgan fingerprint density at radius 1 is 1.00 bits per heavy atom. The van der Waals surface area contributed by atoms with Gasteiger partial charge in [0.1, 0.15) is 0 Å². The lowest BCUT2D eigenvalue weighted by atomic mass is 9.82. The van der Waals surface area contributed by atoms with E-state index in [0.717, 1.165) is 18.0 Å². The van der Waals surface area contributed by atoms with Crippen LogP contribution in [0.15, 0.2) is 53.9 Å². The van der Waals surface area contributed by atoms with Gasteiger partial charge in [0, 0.05) is 23.7 Å². The van der Waals surface area contributed by atoms with E-state index in [9.17, 15) is 0 Å². The van der Waals surface area contributed by atoms with E-state index >= 15 is 0 Å². The molecule has 3 atom stereocenters. The highest BCUT2D eigenvalue weighted by atomic mass is 32.2. The van der Waals surface area contributed by atoms with Crippen molar-refractivity contribution in [3.63, 3.8) is 0 Å². The number of nitrogens with zero attached hydrogens (tertiary/aromatic N) is 2. The maximum Gasteiger partial charge on any atom is 0.187 e. The summed E-state index contributed by atoms with van der Waals surface area (Å²) < 4.78 is 0. The molecule has 1 fully saturated rings. The number of benzene rings is 1. The first-order valence-corrected chi connectivity index (χ1v) is 7.95. The number of thioether (sulfide) groups is 1. The average molecular weight is 285 g/mol. The monoisotopic (exact) mass is 285 g/mol. The summed E-state index contributed by atoms with van der Waals surface area (Å²) in [5.41, 5.74) is 7.72. The normalized spacial score (nSPS) is 26.4. The summed E-state index contributed by atoms with van der Waals surface area (Å²) in [4.78, 5) is 8.60. The number of aromatic nitrogens is 2. The summed E-state index contributed by atoms with van der Waals surface area (Å²) in [6.07, 6.45) is 6.94. The van der Waals surface area contributed by atoms with E-state index in [2.05, 4.69) is 40.3 Å². The van der Waals surface area contributed by atoms with Crippen molar-refractivity contribution in [3.05, 3.63) is 54.4 Å². The SMILES string of the molecule is NC1CCC(c2ccccc2)CC1Sc1ncccn1. The number of hydrogen-bond donors (Lipinski definition) is 1. The topological polar surface area (TPSA) is 51.8 Å². The molecule has 0 aliphatic heterocycles. The zero-order chi connectivity index (χ0) is 13.8. The highest BCUT2D eigenvalue weighted by Gasteiger charge is 2.30. The third-order valence-corrected chi connectivity index (χ3v) is 5.18. The van der Waals surface area contributed by atoms with Gasteiger partial charge in [-0.2, -0.15) is 0 Å². The summed E-state index contributed by atoms with van der Waals surface area (Å²) in [5, 5.41) is 1.23. The number of nitrogens with two attached hydrogens (primary N) is 1. The number of rotatable bonds is 3. The van der Waals surface area contributed by atoms with Gasteiger partial charge in [-0.05, 0) is 36.8 Å². The Labute approximate surface area is 124 Å².